The minimum atomic E-state index is -0.459. The third-order valence-corrected chi connectivity index (χ3v) is 3.70. The summed E-state index contributed by atoms with van der Waals surface area (Å²) in [6.07, 6.45) is 11.4. The highest BCUT2D eigenvalue weighted by Gasteiger charge is 2.45. The molecule has 0 spiro atoms. The Labute approximate surface area is 92.7 Å². The quantitative estimate of drug-likeness (QED) is 0.561. The maximum atomic E-state index is 10.4. The van der Waals surface area contributed by atoms with Crippen molar-refractivity contribution in [2.45, 2.75) is 63.1 Å². The largest absolute Gasteiger partial charge is 0.388 e. The second-order valence-electron chi connectivity index (χ2n) is 5.24. The molecule has 0 aromatic carbocycles. The van der Waals surface area contributed by atoms with E-state index >= 15 is 0 Å². The van der Waals surface area contributed by atoms with Gasteiger partial charge in [-0.25, -0.2) is 0 Å². The van der Waals surface area contributed by atoms with Crippen LogP contribution in [0.3, 0.4) is 0 Å². The van der Waals surface area contributed by atoms with Gasteiger partial charge in [0.2, 0.25) is 0 Å². The molecule has 0 aromatic rings. The van der Waals surface area contributed by atoms with Gasteiger partial charge >= 0.3 is 0 Å². The van der Waals surface area contributed by atoms with Crippen LogP contribution in [0, 0.1) is 12.3 Å². The van der Waals surface area contributed by atoms with E-state index in [1.165, 1.54) is 12.8 Å². The van der Waals surface area contributed by atoms with Gasteiger partial charge in [-0.1, -0.05) is 0 Å². The first kappa shape index (κ1) is 11.0. The zero-order valence-electron chi connectivity index (χ0n) is 9.58. The molecule has 1 aliphatic heterocycles. The number of likely N-dealkylation sites (tertiary alicyclic amines) is 1. The topological polar surface area (TPSA) is 23.5 Å². The van der Waals surface area contributed by atoms with Gasteiger partial charge in [0.25, 0.3) is 0 Å². The fourth-order valence-electron chi connectivity index (χ4n) is 2.82. The summed E-state index contributed by atoms with van der Waals surface area (Å²) in [6, 6.07) is 1.31. The van der Waals surface area contributed by atoms with Crippen molar-refractivity contribution in [3.63, 3.8) is 0 Å². The van der Waals surface area contributed by atoms with Gasteiger partial charge < -0.3 is 5.11 Å². The molecule has 0 bridgehead atoms. The molecule has 0 amide bonds. The van der Waals surface area contributed by atoms with E-state index in [9.17, 15) is 5.11 Å². The van der Waals surface area contributed by atoms with Crippen LogP contribution in [0.2, 0.25) is 0 Å². The van der Waals surface area contributed by atoms with Crippen LogP contribution in [0.4, 0.5) is 0 Å². The summed E-state index contributed by atoms with van der Waals surface area (Å²) < 4.78 is 0. The molecule has 2 fully saturated rings. The number of nitrogens with zero attached hydrogens (tertiary/aromatic N) is 1. The van der Waals surface area contributed by atoms with Crippen molar-refractivity contribution < 1.29 is 5.11 Å². The number of rotatable bonds is 4. The Morgan fingerprint density at radius 3 is 2.87 bits per heavy atom. The second kappa shape index (κ2) is 4.15. The Bertz CT molecular complexity index is 266. The Hall–Kier alpha value is -0.520. The van der Waals surface area contributed by atoms with E-state index in [1.807, 2.05) is 0 Å². The number of hydrogen-bond acceptors (Lipinski definition) is 2. The third kappa shape index (κ3) is 2.53. The van der Waals surface area contributed by atoms with Crippen LogP contribution in [-0.4, -0.2) is 34.2 Å². The van der Waals surface area contributed by atoms with Crippen molar-refractivity contribution in [2.24, 2.45) is 0 Å². The Kier molecular flexibility index (Phi) is 3.04. The van der Waals surface area contributed by atoms with Crippen molar-refractivity contribution in [1.82, 2.24) is 4.90 Å². The van der Waals surface area contributed by atoms with Gasteiger partial charge in [-0.2, -0.15) is 0 Å². The summed E-state index contributed by atoms with van der Waals surface area (Å²) in [5.74, 6) is 2.64. The normalized spacial score (nSPS) is 36.7. The van der Waals surface area contributed by atoms with Crippen molar-refractivity contribution >= 4 is 0 Å². The van der Waals surface area contributed by atoms with Crippen molar-refractivity contribution in [3.8, 4) is 12.3 Å². The highest BCUT2D eigenvalue weighted by molar-refractivity contribution is 5.01. The minimum Gasteiger partial charge on any atom is -0.388 e. The van der Waals surface area contributed by atoms with E-state index < -0.39 is 5.60 Å². The highest BCUT2D eigenvalue weighted by atomic mass is 16.3. The van der Waals surface area contributed by atoms with E-state index in [1.54, 1.807) is 0 Å². The minimum absolute atomic E-state index is 0.459. The van der Waals surface area contributed by atoms with Crippen LogP contribution < -0.4 is 0 Å². The van der Waals surface area contributed by atoms with E-state index in [-0.39, 0.29) is 0 Å². The molecular formula is C13H21NO. The number of unbranched alkanes of at least 4 members (excludes halogenated alkanes) is 1. The maximum absolute atomic E-state index is 10.4. The van der Waals surface area contributed by atoms with Crippen molar-refractivity contribution in [1.29, 1.82) is 0 Å². The maximum Gasteiger partial charge on any atom is 0.0789 e. The second-order valence-corrected chi connectivity index (χ2v) is 5.24. The molecule has 15 heavy (non-hydrogen) atoms. The van der Waals surface area contributed by atoms with Crippen LogP contribution in [0.25, 0.3) is 0 Å². The molecule has 1 saturated carbocycles. The van der Waals surface area contributed by atoms with Gasteiger partial charge in [0, 0.05) is 25.0 Å². The summed E-state index contributed by atoms with van der Waals surface area (Å²) in [7, 11) is 0. The predicted molar refractivity (Wildman–Crippen MR) is 61.4 cm³/mol. The average molecular weight is 207 g/mol. The summed E-state index contributed by atoms with van der Waals surface area (Å²) in [5, 5.41) is 10.4. The fraction of sp³-hybridized carbons (Fsp3) is 0.846. The lowest BCUT2D eigenvalue weighted by Gasteiger charge is -2.23. The number of hydrogen-bond donors (Lipinski definition) is 1. The van der Waals surface area contributed by atoms with Crippen molar-refractivity contribution in [3.05, 3.63) is 0 Å². The predicted octanol–water partition coefficient (Wildman–Crippen LogP) is 1.78. The molecule has 2 rings (SSSR count). The average Bonchev–Trinajstić information content (AvgIpc) is 2.94. The molecule has 84 valence electrons. The molecule has 2 aliphatic rings. The number of β-amino-alcohol motifs (C(OH)–C–C–N with tert-alkyl or cyclic N) is 1. The monoisotopic (exact) mass is 207 g/mol. The molecule has 1 N–H and O–H groups in total. The number of terminal acetylenes is 1. The lowest BCUT2D eigenvalue weighted by Crippen LogP contribution is -2.34. The van der Waals surface area contributed by atoms with Gasteiger partial charge in [-0.05, 0) is 39.0 Å². The SMILES string of the molecule is C#CCCCC1(O)CC(C)N(C2CC2)C1. The molecule has 1 aliphatic carbocycles. The summed E-state index contributed by atoms with van der Waals surface area (Å²) in [6.45, 7) is 3.10. The molecule has 1 saturated heterocycles. The first-order valence-corrected chi connectivity index (χ1v) is 6.06. The summed E-state index contributed by atoms with van der Waals surface area (Å²) in [5.41, 5.74) is -0.459. The van der Waals surface area contributed by atoms with E-state index in [0.717, 1.165) is 38.3 Å². The first-order chi connectivity index (χ1) is 7.14. The van der Waals surface area contributed by atoms with Gasteiger partial charge in [-0.15, -0.1) is 12.3 Å². The molecular weight excluding hydrogens is 186 g/mol. The molecule has 0 radical (unpaired) electrons. The highest BCUT2D eigenvalue weighted by Crippen LogP contribution is 2.38. The van der Waals surface area contributed by atoms with Crippen LogP contribution >= 0.6 is 0 Å². The Morgan fingerprint density at radius 1 is 1.53 bits per heavy atom. The van der Waals surface area contributed by atoms with E-state index in [4.69, 9.17) is 6.42 Å². The Balaban J connectivity index is 1.85. The standard InChI is InChI=1S/C13H21NO/c1-3-4-5-8-13(15)9-11(2)14(10-13)12-6-7-12/h1,11-12,15H,4-10H2,2H3. The van der Waals surface area contributed by atoms with Gasteiger partial charge in [0.1, 0.15) is 0 Å². The lowest BCUT2D eigenvalue weighted by atomic mass is 9.94. The van der Waals surface area contributed by atoms with E-state index in [0.29, 0.717) is 6.04 Å². The molecule has 2 unspecified atom stereocenters. The smallest absolute Gasteiger partial charge is 0.0789 e. The first-order valence-electron chi connectivity index (χ1n) is 6.06. The van der Waals surface area contributed by atoms with Gasteiger partial charge in [-0.3, -0.25) is 4.90 Å². The number of aliphatic hydroxyl groups is 1. The summed E-state index contributed by atoms with van der Waals surface area (Å²) in [4.78, 5) is 2.48. The molecule has 1 heterocycles. The van der Waals surface area contributed by atoms with Crippen LogP contribution in [0.15, 0.2) is 0 Å². The fourth-order valence-corrected chi connectivity index (χ4v) is 2.82. The van der Waals surface area contributed by atoms with E-state index in [2.05, 4.69) is 17.7 Å². The Morgan fingerprint density at radius 2 is 2.27 bits per heavy atom. The van der Waals surface area contributed by atoms with Crippen LogP contribution in [0.5, 0.6) is 0 Å². The molecule has 0 aromatic heterocycles. The molecule has 2 atom stereocenters. The summed E-state index contributed by atoms with van der Waals surface area (Å²) >= 11 is 0. The third-order valence-electron chi connectivity index (χ3n) is 3.70. The zero-order chi connectivity index (χ0) is 10.9. The van der Waals surface area contributed by atoms with Gasteiger partial charge in [0.05, 0.1) is 5.60 Å². The van der Waals surface area contributed by atoms with Crippen LogP contribution in [-0.2, 0) is 0 Å². The molecule has 2 heteroatoms. The van der Waals surface area contributed by atoms with Crippen LogP contribution in [0.1, 0.15) is 45.4 Å². The zero-order valence-corrected chi connectivity index (χ0v) is 9.58. The van der Waals surface area contributed by atoms with Crippen molar-refractivity contribution in [2.75, 3.05) is 6.54 Å². The molecule has 2 nitrogen and oxygen atoms in total. The van der Waals surface area contributed by atoms with Gasteiger partial charge in [0.15, 0.2) is 0 Å². The lowest BCUT2D eigenvalue weighted by molar-refractivity contribution is 0.0381.